The average molecular weight is 248 g/mol. The smallest absolute Gasteiger partial charge is 0.167 e. The molecule has 0 radical (unpaired) electrons. The summed E-state index contributed by atoms with van der Waals surface area (Å²) < 4.78 is 0. The number of hydrogen-bond acceptors (Lipinski definition) is 2. The van der Waals surface area contributed by atoms with E-state index in [2.05, 4.69) is 6.92 Å². The molecule has 0 aromatic heterocycles. The lowest BCUT2D eigenvalue weighted by atomic mass is 10.0. The molecular weight excluding hydrogens is 228 g/mol. The van der Waals surface area contributed by atoms with Crippen LogP contribution in [0.2, 0.25) is 0 Å². The van der Waals surface area contributed by atoms with E-state index in [1.54, 1.807) is 0 Å². The maximum Gasteiger partial charge on any atom is 0.167 e. The predicted octanol–water partition coefficient (Wildman–Crippen LogP) is 4.60. The first-order chi connectivity index (χ1) is 8.24. The Morgan fingerprint density at radius 3 is 2.47 bits per heavy atom. The molecule has 0 bridgehead atoms. The zero-order valence-electron chi connectivity index (χ0n) is 10.4. The van der Waals surface area contributed by atoms with Crippen molar-refractivity contribution in [3.8, 4) is 0 Å². The quantitative estimate of drug-likeness (QED) is 0.380. The molecule has 0 aliphatic carbocycles. The SMILES string of the molecule is CCCCCCC(=S)CC(=O)c1ccccc1. The van der Waals surface area contributed by atoms with Gasteiger partial charge in [0.15, 0.2) is 5.78 Å². The van der Waals surface area contributed by atoms with E-state index in [0.717, 1.165) is 23.3 Å². The van der Waals surface area contributed by atoms with E-state index in [-0.39, 0.29) is 5.78 Å². The van der Waals surface area contributed by atoms with E-state index in [4.69, 9.17) is 12.2 Å². The summed E-state index contributed by atoms with van der Waals surface area (Å²) >= 11 is 5.26. The van der Waals surface area contributed by atoms with Crippen LogP contribution in [0.1, 0.15) is 55.8 Å². The third-order valence-electron chi connectivity index (χ3n) is 2.76. The second kappa shape index (κ2) is 8.13. The van der Waals surface area contributed by atoms with Crippen molar-refractivity contribution in [3.05, 3.63) is 35.9 Å². The van der Waals surface area contributed by atoms with Gasteiger partial charge in [-0.25, -0.2) is 0 Å². The van der Waals surface area contributed by atoms with Crippen molar-refractivity contribution in [1.29, 1.82) is 0 Å². The van der Waals surface area contributed by atoms with E-state index in [1.807, 2.05) is 30.3 Å². The maximum absolute atomic E-state index is 11.9. The van der Waals surface area contributed by atoms with Gasteiger partial charge in [-0.3, -0.25) is 4.79 Å². The number of carbonyl (C=O) groups excluding carboxylic acids is 1. The van der Waals surface area contributed by atoms with Crippen molar-refractivity contribution in [3.63, 3.8) is 0 Å². The first kappa shape index (κ1) is 14.0. The number of rotatable bonds is 8. The highest BCUT2D eigenvalue weighted by Crippen LogP contribution is 2.09. The molecule has 92 valence electrons. The lowest BCUT2D eigenvalue weighted by molar-refractivity contribution is 0.100. The van der Waals surface area contributed by atoms with Crippen LogP contribution in [0, 0.1) is 0 Å². The predicted molar refractivity (Wildman–Crippen MR) is 76.7 cm³/mol. The Bertz CT molecular complexity index is 356. The minimum Gasteiger partial charge on any atom is -0.294 e. The summed E-state index contributed by atoms with van der Waals surface area (Å²) in [4.78, 5) is 12.8. The highest BCUT2D eigenvalue weighted by molar-refractivity contribution is 7.80. The zero-order valence-corrected chi connectivity index (χ0v) is 11.3. The van der Waals surface area contributed by atoms with Gasteiger partial charge in [0, 0.05) is 16.8 Å². The molecule has 0 spiro atoms. The van der Waals surface area contributed by atoms with Crippen LogP contribution in [-0.2, 0) is 0 Å². The molecule has 17 heavy (non-hydrogen) atoms. The van der Waals surface area contributed by atoms with Gasteiger partial charge in [-0.15, -0.1) is 0 Å². The molecule has 1 nitrogen and oxygen atoms in total. The van der Waals surface area contributed by atoms with Gasteiger partial charge >= 0.3 is 0 Å². The standard InChI is InChI=1S/C15H20OS/c1-2-3-4-8-11-14(17)12-15(16)13-9-6-5-7-10-13/h5-7,9-10H,2-4,8,11-12H2,1H3. The molecule has 0 N–H and O–H groups in total. The molecule has 0 heterocycles. The third-order valence-corrected chi connectivity index (χ3v) is 3.11. The molecule has 2 heteroatoms. The van der Waals surface area contributed by atoms with Crippen molar-refractivity contribution in [2.75, 3.05) is 0 Å². The second-order valence-corrected chi connectivity index (χ2v) is 4.89. The van der Waals surface area contributed by atoms with Gasteiger partial charge in [-0.05, 0) is 12.8 Å². The van der Waals surface area contributed by atoms with Crippen LogP contribution in [0.15, 0.2) is 30.3 Å². The molecule has 1 aromatic carbocycles. The normalized spacial score (nSPS) is 10.2. The summed E-state index contributed by atoms with van der Waals surface area (Å²) in [5.74, 6) is 0.145. The van der Waals surface area contributed by atoms with Crippen LogP contribution < -0.4 is 0 Å². The van der Waals surface area contributed by atoms with Gasteiger partial charge < -0.3 is 0 Å². The van der Waals surface area contributed by atoms with Gasteiger partial charge in [0.1, 0.15) is 0 Å². The molecule has 0 amide bonds. The van der Waals surface area contributed by atoms with E-state index in [1.165, 1.54) is 19.3 Å². The summed E-state index contributed by atoms with van der Waals surface area (Å²) in [6.07, 6.45) is 6.16. The lowest BCUT2D eigenvalue weighted by Crippen LogP contribution is -2.06. The molecule has 0 fully saturated rings. The Balaban J connectivity index is 2.29. The Kier molecular flexibility index (Phi) is 6.71. The van der Waals surface area contributed by atoms with Crippen LogP contribution in [0.5, 0.6) is 0 Å². The summed E-state index contributed by atoms with van der Waals surface area (Å²) in [6, 6.07) is 9.39. The van der Waals surface area contributed by atoms with E-state index in [0.29, 0.717) is 6.42 Å². The number of Topliss-reactive ketones (excluding diaryl/α,β-unsaturated/α-hetero) is 1. The minimum atomic E-state index is 0.145. The number of thiocarbonyl (C=S) groups is 1. The average Bonchev–Trinajstić information content (AvgIpc) is 2.36. The summed E-state index contributed by atoms with van der Waals surface area (Å²) in [5, 5.41) is 0. The van der Waals surface area contributed by atoms with Gasteiger partial charge in [-0.2, -0.15) is 0 Å². The number of hydrogen-bond donors (Lipinski definition) is 0. The molecule has 1 rings (SSSR count). The van der Waals surface area contributed by atoms with Crippen molar-refractivity contribution in [2.45, 2.75) is 45.4 Å². The highest BCUT2D eigenvalue weighted by Gasteiger charge is 2.07. The molecule has 0 saturated carbocycles. The topological polar surface area (TPSA) is 17.1 Å². The third kappa shape index (κ3) is 5.73. The van der Waals surface area contributed by atoms with Gasteiger partial charge in [0.25, 0.3) is 0 Å². The first-order valence-corrected chi connectivity index (χ1v) is 6.74. The largest absolute Gasteiger partial charge is 0.294 e. The van der Waals surface area contributed by atoms with Gasteiger partial charge in [0.2, 0.25) is 0 Å². The molecule has 0 unspecified atom stereocenters. The van der Waals surface area contributed by atoms with E-state index in [9.17, 15) is 4.79 Å². The molecule has 0 atom stereocenters. The number of unbranched alkanes of at least 4 members (excludes halogenated alkanes) is 3. The van der Waals surface area contributed by atoms with Crippen LogP contribution in [-0.4, -0.2) is 10.6 Å². The Morgan fingerprint density at radius 2 is 1.82 bits per heavy atom. The van der Waals surface area contributed by atoms with Crippen LogP contribution >= 0.6 is 12.2 Å². The fourth-order valence-corrected chi connectivity index (χ4v) is 2.02. The van der Waals surface area contributed by atoms with Crippen LogP contribution in [0.3, 0.4) is 0 Å². The van der Waals surface area contributed by atoms with E-state index < -0.39 is 0 Å². The van der Waals surface area contributed by atoms with Crippen molar-refractivity contribution < 1.29 is 4.79 Å². The number of benzene rings is 1. The monoisotopic (exact) mass is 248 g/mol. The van der Waals surface area contributed by atoms with Crippen molar-refractivity contribution >= 4 is 22.9 Å². The second-order valence-electron chi connectivity index (χ2n) is 4.32. The number of ketones is 1. The molecule has 0 aliphatic rings. The lowest BCUT2D eigenvalue weighted by Gasteiger charge is -2.03. The van der Waals surface area contributed by atoms with Crippen molar-refractivity contribution in [1.82, 2.24) is 0 Å². The van der Waals surface area contributed by atoms with Gasteiger partial charge in [0.05, 0.1) is 0 Å². The Morgan fingerprint density at radius 1 is 1.12 bits per heavy atom. The Labute approximate surface area is 109 Å². The fourth-order valence-electron chi connectivity index (χ4n) is 1.74. The minimum absolute atomic E-state index is 0.145. The van der Waals surface area contributed by atoms with Crippen LogP contribution in [0.25, 0.3) is 0 Å². The van der Waals surface area contributed by atoms with Gasteiger partial charge in [-0.1, -0.05) is 68.7 Å². The zero-order chi connectivity index (χ0) is 12.5. The van der Waals surface area contributed by atoms with Crippen LogP contribution in [0.4, 0.5) is 0 Å². The molecule has 1 aromatic rings. The molecule has 0 saturated heterocycles. The summed E-state index contributed by atoms with van der Waals surface area (Å²) in [6.45, 7) is 2.19. The van der Waals surface area contributed by atoms with Crippen molar-refractivity contribution in [2.24, 2.45) is 0 Å². The molecular formula is C15H20OS. The maximum atomic E-state index is 11.9. The molecule has 0 aliphatic heterocycles. The first-order valence-electron chi connectivity index (χ1n) is 6.34. The summed E-state index contributed by atoms with van der Waals surface area (Å²) in [5.41, 5.74) is 0.767. The summed E-state index contributed by atoms with van der Waals surface area (Å²) in [7, 11) is 0. The Hall–Kier alpha value is -1.02. The highest BCUT2D eigenvalue weighted by atomic mass is 32.1. The number of carbonyl (C=O) groups is 1. The fraction of sp³-hybridized carbons (Fsp3) is 0.467. The van der Waals surface area contributed by atoms with E-state index >= 15 is 0 Å².